The monoisotopic (exact) mass is 261 g/mol. The minimum Gasteiger partial charge on any atom is -0.327 e. The lowest BCUT2D eigenvalue weighted by atomic mass is 10.0. The van der Waals surface area contributed by atoms with Crippen LogP contribution in [0.2, 0.25) is 0 Å². The first kappa shape index (κ1) is 14.5. The first-order valence-corrected chi connectivity index (χ1v) is 7.53. The van der Waals surface area contributed by atoms with Gasteiger partial charge in [0.1, 0.15) is 0 Å². The van der Waals surface area contributed by atoms with Crippen molar-refractivity contribution in [2.75, 3.05) is 19.6 Å². The van der Waals surface area contributed by atoms with E-state index in [1.807, 2.05) is 0 Å². The molecule has 0 bridgehead atoms. The molecule has 1 aromatic rings. The summed E-state index contributed by atoms with van der Waals surface area (Å²) >= 11 is 0. The average Bonchev–Trinajstić information content (AvgIpc) is 2.47. The molecule has 0 aliphatic carbocycles. The number of rotatable bonds is 6. The predicted molar refractivity (Wildman–Crippen MR) is 81.0 cm³/mol. The number of piperidine rings is 1. The second-order valence-electron chi connectivity index (χ2n) is 5.61. The molecule has 1 aliphatic heterocycles. The molecule has 3 nitrogen and oxygen atoms in total. The van der Waals surface area contributed by atoms with Crippen LogP contribution >= 0.6 is 0 Å². The average molecular weight is 261 g/mol. The van der Waals surface area contributed by atoms with Crippen molar-refractivity contribution in [2.45, 2.75) is 44.8 Å². The third kappa shape index (κ3) is 4.94. The van der Waals surface area contributed by atoms with Gasteiger partial charge in [0.2, 0.25) is 0 Å². The molecule has 106 valence electrons. The number of benzene rings is 1. The third-order valence-electron chi connectivity index (χ3n) is 4.03. The minimum atomic E-state index is 0.308. The fourth-order valence-corrected chi connectivity index (χ4v) is 2.60. The van der Waals surface area contributed by atoms with Gasteiger partial charge in [-0.05, 0) is 37.9 Å². The molecule has 19 heavy (non-hydrogen) atoms. The number of nitrogens with one attached hydrogen (secondary N) is 1. The summed E-state index contributed by atoms with van der Waals surface area (Å²) in [5.41, 5.74) is 7.37. The highest BCUT2D eigenvalue weighted by molar-refractivity contribution is 5.14. The molecule has 0 radical (unpaired) electrons. The van der Waals surface area contributed by atoms with E-state index >= 15 is 0 Å². The standard InChI is InChI=1S/C16H27N3/c1-2-15(17)12-18-16-8-10-19(11-9-16)13-14-6-4-3-5-7-14/h3-7,15-16,18H,2,8-13,17H2,1H3. The fourth-order valence-electron chi connectivity index (χ4n) is 2.60. The number of hydrogen-bond acceptors (Lipinski definition) is 3. The Hall–Kier alpha value is -0.900. The van der Waals surface area contributed by atoms with Crippen LogP contribution in [-0.4, -0.2) is 36.6 Å². The molecule has 0 spiro atoms. The Labute approximate surface area is 117 Å². The van der Waals surface area contributed by atoms with Crippen LogP contribution in [0.15, 0.2) is 30.3 Å². The summed E-state index contributed by atoms with van der Waals surface area (Å²) in [7, 11) is 0. The van der Waals surface area contributed by atoms with Crippen LogP contribution in [0.1, 0.15) is 31.7 Å². The Kier molecular flexibility index (Phi) is 5.83. The lowest BCUT2D eigenvalue weighted by Crippen LogP contribution is -2.45. The Morgan fingerprint density at radius 2 is 1.95 bits per heavy atom. The van der Waals surface area contributed by atoms with Crippen LogP contribution in [0, 0.1) is 0 Å². The van der Waals surface area contributed by atoms with Crippen molar-refractivity contribution in [3.8, 4) is 0 Å². The first-order valence-electron chi connectivity index (χ1n) is 7.53. The Balaban J connectivity index is 1.68. The van der Waals surface area contributed by atoms with E-state index in [1.54, 1.807) is 0 Å². The number of likely N-dealkylation sites (tertiary alicyclic amines) is 1. The van der Waals surface area contributed by atoms with Crippen LogP contribution in [-0.2, 0) is 6.54 Å². The quantitative estimate of drug-likeness (QED) is 0.823. The maximum atomic E-state index is 5.95. The lowest BCUT2D eigenvalue weighted by Gasteiger charge is -2.33. The molecule has 2 rings (SSSR count). The second-order valence-corrected chi connectivity index (χ2v) is 5.61. The van der Waals surface area contributed by atoms with E-state index in [9.17, 15) is 0 Å². The Morgan fingerprint density at radius 1 is 1.26 bits per heavy atom. The molecule has 1 aromatic carbocycles. The molecule has 1 unspecified atom stereocenters. The highest BCUT2D eigenvalue weighted by atomic mass is 15.1. The molecule has 1 fully saturated rings. The van der Waals surface area contributed by atoms with Crippen LogP contribution in [0.3, 0.4) is 0 Å². The van der Waals surface area contributed by atoms with Crippen molar-refractivity contribution >= 4 is 0 Å². The van der Waals surface area contributed by atoms with Crippen LogP contribution in [0.25, 0.3) is 0 Å². The van der Waals surface area contributed by atoms with Crippen molar-refractivity contribution in [1.82, 2.24) is 10.2 Å². The molecular weight excluding hydrogens is 234 g/mol. The highest BCUT2D eigenvalue weighted by Gasteiger charge is 2.18. The SMILES string of the molecule is CCC(N)CNC1CCN(Cc2ccccc2)CC1. The summed E-state index contributed by atoms with van der Waals surface area (Å²) in [6.07, 6.45) is 3.53. The maximum Gasteiger partial charge on any atom is 0.0233 e. The van der Waals surface area contributed by atoms with E-state index in [-0.39, 0.29) is 0 Å². The number of nitrogens with two attached hydrogens (primary N) is 1. The molecule has 0 amide bonds. The summed E-state index contributed by atoms with van der Waals surface area (Å²) < 4.78 is 0. The van der Waals surface area contributed by atoms with E-state index in [0.29, 0.717) is 12.1 Å². The van der Waals surface area contributed by atoms with Crippen LogP contribution < -0.4 is 11.1 Å². The molecule has 1 atom stereocenters. The zero-order valence-corrected chi connectivity index (χ0v) is 12.0. The van der Waals surface area contributed by atoms with E-state index < -0.39 is 0 Å². The first-order chi connectivity index (χ1) is 9.28. The molecule has 3 N–H and O–H groups in total. The van der Waals surface area contributed by atoms with Crippen molar-refractivity contribution < 1.29 is 0 Å². The van der Waals surface area contributed by atoms with Gasteiger partial charge in [0, 0.05) is 25.2 Å². The van der Waals surface area contributed by atoms with Crippen LogP contribution in [0.5, 0.6) is 0 Å². The summed E-state index contributed by atoms with van der Waals surface area (Å²) in [6.45, 7) is 6.57. The summed E-state index contributed by atoms with van der Waals surface area (Å²) in [4.78, 5) is 2.55. The Morgan fingerprint density at radius 3 is 2.58 bits per heavy atom. The topological polar surface area (TPSA) is 41.3 Å². The smallest absolute Gasteiger partial charge is 0.0233 e. The van der Waals surface area contributed by atoms with Gasteiger partial charge in [-0.25, -0.2) is 0 Å². The van der Waals surface area contributed by atoms with Gasteiger partial charge in [0.15, 0.2) is 0 Å². The normalized spacial score (nSPS) is 19.5. The molecule has 1 aliphatic rings. The molecule has 0 aromatic heterocycles. The zero-order valence-electron chi connectivity index (χ0n) is 12.0. The number of nitrogens with zero attached hydrogens (tertiary/aromatic N) is 1. The van der Waals surface area contributed by atoms with E-state index in [0.717, 1.165) is 19.5 Å². The van der Waals surface area contributed by atoms with Crippen molar-refractivity contribution in [3.05, 3.63) is 35.9 Å². The molecule has 1 saturated heterocycles. The van der Waals surface area contributed by atoms with Gasteiger partial charge in [-0.2, -0.15) is 0 Å². The third-order valence-corrected chi connectivity index (χ3v) is 4.03. The van der Waals surface area contributed by atoms with Gasteiger partial charge < -0.3 is 11.1 Å². The molecule has 1 heterocycles. The van der Waals surface area contributed by atoms with Gasteiger partial charge in [0.05, 0.1) is 0 Å². The van der Waals surface area contributed by atoms with Gasteiger partial charge in [-0.15, -0.1) is 0 Å². The predicted octanol–water partition coefficient (Wildman–Crippen LogP) is 1.98. The van der Waals surface area contributed by atoms with E-state index in [4.69, 9.17) is 5.73 Å². The van der Waals surface area contributed by atoms with Crippen molar-refractivity contribution in [2.24, 2.45) is 5.73 Å². The summed E-state index contributed by atoms with van der Waals surface area (Å²) in [6, 6.07) is 11.7. The highest BCUT2D eigenvalue weighted by Crippen LogP contribution is 2.13. The zero-order chi connectivity index (χ0) is 13.5. The largest absolute Gasteiger partial charge is 0.327 e. The Bertz CT molecular complexity index is 344. The van der Waals surface area contributed by atoms with E-state index in [2.05, 4.69) is 47.5 Å². The van der Waals surface area contributed by atoms with Crippen molar-refractivity contribution in [3.63, 3.8) is 0 Å². The molecule has 3 heteroatoms. The van der Waals surface area contributed by atoms with E-state index in [1.165, 1.54) is 31.5 Å². The lowest BCUT2D eigenvalue weighted by molar-refractivity contribution is 0.189. The van der Waals surface area contributed by atoms with Crippen LogP contribution in [0.4, 0.5) is 0 Å². The fraction of sp³-hybridized carbons (Fsp3) is 0.625. The minimum absolute atomic E-state index is 0.308. The molecule has 0 saturated carbocycles. The maximum absolute atomic E-state index is 5.95. The van der Waals surface area contributed by atoms with Gasteiger partial charge in [-0.3, -0.25) is 4.90 Å². The van der Waals surface area contributed by atoms with Gasteiger partial charge in [-0.1, -0.05) is 37.3 Å². The second kappa shape index (κ2) is 7.63. The van der Waals surface area contributed by atoms with Gasteiger partial charge >= 0.3 is 0 Å². The summed E-state index contributed by atoms with van der Waals surface area (Å²) in [5.74, 6) is 0. The van der Waals surface area contributed by atoms with Gasteiger partial charge in [0.25, 0.3) is 0 Å². The molecular formula is C16H27N3. The summed E-state index contributed by atoms with van der Waals surface area (Å²) in [5, 5.41) is 3.61. The number of hydrogen-bond donors (Lipinski definition) is 2. The van der Waals surface area contributed by atoms with Crippen molar-refractivity contribution in [1.29, 1.82) is 0 Å².